The van der Waals surface area contributed by atoms with Gasteiger partial charge in [0.15, 0.2) is 11.6 Å². The Morgan fingerprint density at radius 3 is 2.62 bits per heavy atom. The molecule has 1 aliphatic heterocycles. The van der Waals surface area contributed by atoms with E-state index in [4.69, 9.17) is 4.74 Å². The van der Waals surface area contributed by atoms with E-state index in [-0.39, 0.29) is 11.6 Å². The van der Waals surface area contributed by atoms with E-state index in [2.05, 4.69) is 4.90 Å². The number of halogens is 1. The van der Waals surface area contributed by atoms with E-state index in [1.807, 2.05) is 6.92 Å². The van der Waals surface area contributed by atoms with Crippen LogP contribution in [-0.4, -0.2) is 42.2 Å². The van der Waals surface area contributed by atoms with Gasteiger partial charge in [0.25, 0.3) is 0 Å². The van der Waals surface area contributed by atoms with Crippen molar-refractivity contribution in [1.82, 2.24) is 4.90 Å². The van der Waals surface area contributed by atoms with Crippen molar-refractivity contribution in [1.29, 1.82) is 0 Å². The lowest BCUT2D eigenvalue weighted by Gasteiger charge is -2.38. The van der Waals surface area contributed by atoms with E-state index in [0.717, 1.165) is 13.1 Å². The molecule has 1 heterocycles. The fraction of sp³-hybridized carbons (Fsp3) is 0.562. The van der Waals surface area contributed by atoms with Gasteiger partial charge in [-0.2, -0.15) is 0 Å². The third-order valence-electron chi connectivity index (χ3n) is 4.45. The highest BCUT2D eigenvalue weighted by molar-refractivity contribution is 5.74. The van der Waals surface area contributed by atoms with Crippen LogP contribution in [0.2, 0.25) is 0 Å². The zero-order valence-corrected chi connectivity index (χ0v) is 12.3. The SMILES string of the molecule is CCC1(C(=O)O)CCN(CCOc2ccccc2F)CC1. The number of carboxylic acid groups (broad SMARTS) is 1. The molecule has 1 fully saturated rings. The van der Waals surface area contributed by atoms with Gasteiger partial charge in [-0.15, -0.1) is 0 Å². The molecule has 0 atom stereocenters. The molecule has 0 spiro atoms. The fourth-order valence-electron chi connectivity index (χ4n) is 2.77. The lowest BCUT2D eigenvalue weighted by atomic mass is 9.76. The van der Waals surface area contributed by atoms with Crippen molar-refractivity contribution in [3.8, 4) is 5.75 Å². The molecule has 1 aromatic rings. The Balaban J connectivity index is 1.77. The minimum atomic E-state index is -0.688. The summed E-state index contributed by atoms with van der Waals surface area (Å²) in [4.78, 5) is 13.5. The van der Waals surface area contributed by atoms with E-state index >= 15 is 0 Å². The van der Waals surface area contributed by atoms with Gasteiger partial charge in [0, 0.05) is 6.54 Å². The standard InChI is InChI=1S/C16H22FNO3/c1-2-16(15(19)20)7-9-18(10-8-16)11-12-21-14-6-4-3-5-13(14)17/h3-6H,2,7-12H2,1H3,(H,19,20). The molecule has 1 N–H and O–H groups in total. The minimum absolute atomic E-state index is 0.267. The van der Waals surface area contributed by atoms with Crippen LogP contribution < -0.4 is 4.74 Å². The van der Waals surface area contributed by atoms with Crippen molar-refractivity contribution < 1.29 is 19.0 Å². The number of carbonyl (C=O) groups is 1. The van der Waals surface area contributed by atoms with Crippen molar-refractivity contribution in [2.75, 3.05) is 26.2 Å². The van der Waals surface area contributed by atoms with Gasteiger partial charge in [-0.3, -0.25) is 9.69 Å². The third-order valence-corrected chi connectivity index (χ3v) is 4.45. The van der Waals surface area contributed by atoms with E-state index in [1.165, 1.54) is 6.07 Å². The Morgan fingerprint density at radius 2 is 2.05 bits per heavy atom. The largest absolute Gasteiger partial charge is 0.489 e. The van der Waals surface area contributed by atoms with E-state index in [9.17, 15) is 14.3 Å². The molecular weight excluding hydrogens is 273 g/mol. The first-order chi connectivity index (χ1) is 10.1. The summed E-state index contributed by atoms with van der Waals surface area (Å²) >= 11 is 0. The molecule has 5 heteroatoms. The number of ether oxygens (including phenoxy) is 1. The first-order valence-corrected chi connectivity index (χ1v) is 7.40. The Hall–Kier alpha value is -1.62. The number of aliphatic carboxylic acids is 1. The number of piperidine rings is 1. The van der Waals surface area contributed by atoms with Crippen molar-refractivity contribution in [2.24, 2.45) is 5.41 Å². The second-order valence-electron chi connectivity index (χ2n) is 5.56. The summed E-state index contributed by atoms with van der Waals surface area (Å²) in [7, 11) is 0. The van der Waals surface area contributed by atoms with Crippen LogP contribution in [0.1, 0.15) is 26.2 Å². The topological polar surface area (TPSA) is 49.8 Å². The van der Waals surface area contributed by atoms with Crippen LogP contribution >= 0.6 is 0 Å². The maximum atomic E-state index is 13.4. The number of nitrogens with zero attached hydrogens (tertiary/aromatic N) is 1. The van der Waals surface area contributed by atoms with Gasteiger partial charge in [0.1, 0.15) is 6.61 Å². The molecule has 4 nitrogen and oxygen atoms in total. The summed E-state index contributed by atoms with van der Waals surface area (Å²) in [6.07, 6.45) is 2.00. The van der Waals surface area contributed by atoms with Gasteiger partial charge in [0.2, 0.25) is 0 Å². The number of para-hydroxylation sites is 1. The second kappa shape index (κ2) is 6.89. The highest BCUT2D eigenvalue weighted by Crippen LogP contribution is 2.34. The number of hydrogen-bond donors (Lipinski definition) is 1. The van der Waals surface area contributed by atoms with Crippen LogP contribution in [0.15, 0.2) is 24.3 Å². The number of rotatable bonds is 6. The number of carboxylic acids is 1. The van der Waals surface area contributed by atoms with Gasteiger partial charge < -0.3 is 9.84 Å². The average molecular weight is 295 g/mol. The Labute approximate surface area is 124 Å². The lowest BCUT2D eigenvalue weighted by molar-refractivity contribution is -0.152. The molecule has 0 radical (unpaired) electrons. The molecule has 1 saturated heterocycles. The molecule has 0 amide bonds. The van der Waals surface area contributed by atoms with E-state index in [0.29, 0.717) is 32.4 Å². The lowest BCUT2D eigenvalue weighted by Crippen LogP contribution is -2.45. The van der Waals surface area contributed by atoms with Crippen molar-refractivity contribution in [3.63, 3.8) is 0 Å². The van der Waals surface area contributed by atoms with Crippen LogP contribution in [0.25, 0.3) is 0 Å². The van der Waals surface area contributed by atoms with Crippen LogP contribution in [0, 0.1) is 11.2 Å². The van der Waals surface area contributed by atoms with Crippen molar-refractivity contribution in [2.45, 2.75) is 26.2 Å². The normalized spacial score (nSPS) is 18.4. The molecule has 116 valence electrons. The molecule has 1 aliphatic rings. The number of likely N-dealkylation sites (tertiary alicyclic amines) is 1. The first kappa shape index (κ1) is 15.8. The smallest absolute Gasteiger partial charge is 0.309 e. The van der Waals surface area contributed by atoms with Gasteiger partial charge >= 0.3 is 5.97 Å². The highest BCUT2D eigenvalue weighted by Gasteiger charge is 2.39. The molecule has 0 aliphatic carbocycles. The maximum Gasteiger partial charge on any atom is 0.309 e. The maximum absolute atomic E-state index is 13.4. The molecule has 2 rings (SSSR count). The van der Waals surface area contributed by atoms with Crippen LogP contribution in [-0.2, 0) is 4.79 Å². The second-order valence-corrected chi connectivity index (χ2v) is 5.56. The van der Waals surface area contributed by atoms with Gasteiger partial charge in [-0.05, 0) is 44.5 Å². The van der Waals surface area contributed by atoms with Crippen LogP contribution in [0.3, 0.4) is 0 Å². The predicted octanol–water partition coefficient (Wildman–Crippen LogP) is 2.78. The molecular formula is C16H22FNO3. The number of hydrogen-bond acceptors (Lipinski definition) is 3. The molecule has 0 unspecified atom stereocenters. The molecule has 0 bridgehead atoms. The zero-order chi connectivity index (χ0) is 15.3. The van der Waals surface area contributed by atoms with Crippen LogP contribution in [0.4, 0.5) is 4.39 Å². The summed E-state index contributed by atoms with van der Waals surface area (Å²) in [5.74, 6) is -0.776. The van der Waals surface area contributed by atoms with Gasteiger partial charge in [-0.25, -0.2) is 4.39 Å². The molecule has 21 heavy (non-hydrogen) atoms. The van der Waals surface area contributed by atoms with Crippen LogP contribution in [0.5, 0.6) is 5.75 Å². The Kier molecular flexibility index (Phi) is 5.17. The molecule has 0 aromatic heterocycles. The first-order valence-electron chi connectivity index (χ1n) is 7.40. The fourth-order valence-corrected chi connectivity index (χ4v) is 2.77. The highest BCUT2D eigenvalue weighted by atomic mass is 19.1. The minimum Gasteiger partial charge on any atom is -0.489 e. The van der Waals surface area contributed by atoms with E-state index < -0.39 is 11.4 Å². The average Bonchev–Trinajstić information content (AvgIpc) is 2.50. The Bertz CT molecular complexity index is 484. The van der Waals surface area contributed by atoms with Gasteiger partial charge in [-0.1, -0.05) is 19.1 Å². The molecule has 0 saturated carbocycles. The quantitative estimate of drug-likeness (QED) is 0.876. The monoisotopic (exact) mass is 295 g/mol. The number of benzene rings is 1. The van der Waals surface area contributed by atoms with Gasteiger partial charge in [0.05, 0.1) is 5.41 Å². The Morgan fingerprint density at radius 1 is 1.38 bits per heavy atom. The van der Waals surface area contributed by atoms with Crippen molar-refractivity contribution in [3.05, 3.63) is 30.1 Å². The van der Waals surface area contributed by atoms with E-state index in [1.54, 1.807) is 18.2 Å². The zero-order valence-electron chi connectivity index (χ0n) is 12.3. The summed E-state index contributed by atoms with van der Waals surface area (Å²) in [6, 6.07) is 6.35. The summed E-state index contributed by atoms with van der Waals surface area (Å²) in [5, 5.41) is 9.35. The predicted molar refractivity (Wildman–Crippen MR) is 77.9 cm³/mol. The third kappa shape index (κ3) is 3.73. The summed E-state index contributed by atoms with van der Waals surface area (Å²) < 4.78 is 18.8. The summed E-state index contributed by atoms with van der Waals surface area (Å²) in [6.45, 7) is 4.54. The molecule has 1 aromatic carbocycles. The summed E-state index contributed by atoms with van der Waals surface area (Å²) in [5.41, 5.74) is -0.567. The van der Waals surface area contributed by atoms with Crippen molar-refractivity contribution >= 4 is 5.97 Å².